The van der Waals surface area contributed by atoms with Crippen LogP contribution in [0.5, 0.6) is 0 Å². The zero-order valence-electron chi connectivity index (χ0n) is 9.52. The zero-order chi connectivity index (χ0) is 11.6. The van der Waals surface area contributed by atoms with Crippen LogP contribution in [0.1, 0.15) is 25.3 Å². The number of rotatable bonds is 5. The number of benzene rings is 1. The molecule has 0 aromatic heterocycles. The molecule has 0 amide bonds. The summed E-state index contributed by atoms with van der Waals surface area (Å²) in [6, 6.07) is 5.34. The fourth-order valence-corrected chi connectivity index (χ4v) is 2.49. The van der Waals surface area contributed by atoms with Crippen LogP contribution in [0.15, 0.2) is 22.7 Å². The zero-order valence-corrected chi connectivity index (χ0v) is 11.1. The molecule has 1 aromatic rings. The predicted molar refractivity (Wildman–Crippen MR) is 68.0 cm³/mol. The predicted octanol–water partition coefficient (Wildman–Crippen LogP) is 3.52. The first-order valence-electron chi connectivity index (χ1n) is 5.80. The van der Waals surface area contributed by atoms with Crippen molar-refractivity contribution in [2.45, 2.75) is 26.2 Å². The van der Waals surface area contributed by atoms with Gasteiger partial charge in [0.2, 0.25) is 0 Å². The van der Waals surface area contributed by atoms with E-state index in [1.807, 2.05) is 12.1 Å². The summed E-state index contributed by atoms with van der Waals surface area (Å²) in [6.45, 7) is 4.23. The highest BCUT2D eigenvalue weighted by Gasteiger charge is 2.41. The SMILES string of the molecule is CCNCC1(Cc2ccc(F)c(Br)c2)CC1. The van der Waals surface area contributed by atoms with Crippen LogP contribution in [0.25, 0.3) is 0 Å². The van der Waals surface area contributed by atoms with Crippen molar-refractivity contribution in [1.29, 1.82) is 0 Å². The van der Waals surface area contributed by atoms with Crippen LogP contribution < -0.4 is 5.32 Å². The lowest BCUT2D eigenvalue weighted by Gasteiger charge is -2.15. The summed E-state index contributed by atoms with van der Waals surface area (Å²) in [4.78, 5) is 0. The Morgan fingerprint density at radius 3 is 2.75 bits per heavy atom. The number of hydrogen-bond donors (Lipinski definition) is 1. The topological polar surface area (TPSA) is 12.0 Å². The second-order valence-corrected chi connectivity index (χ2v) is 5.56. The van der Waals surface area contributed by atoms with Gasteiger partial charge in [0, 0.05) is 6.54 Å². The Labute approximate surface area is 105 Å². The van der Waals surface area contributed by atoms with E-state index in [2.05, 4.69) is 28.2 Å². The van der Waals surface area contributed by atoms with Gasteiger partial charge in [0.25, 0.3) is 0 Å². The highest BCUT2D eigenvalue weighted by Crippen LogP contribution is 2.47. The molecule has 0 atom stereocenters. The summed E-state index contributed by atoms with van der Waals surface area (Å²) in [5, 5.41) is 3.41. The van der Waals surface area contributed by atoms with Crippen molar-refractivity contribution in [2.75, 3.05) is 13.1 Å². The molecule has 1 aliphatic carbocycles. The third-order valence-corrected chi connectivity index (χ3v) is 3.88. The Morgan fingerprint density at radius 2 is 2.19 bits per heavy atom. The average Bonchev–Trinajstić information content (AvgIpc) is 3.01. The van der Waals surface area contributed by atoms with E-state index in [0.29, 0.717) is 9.89 Å². The Kier molecular flexibility index (Phi) is 3.65. The largest absolute Gasteiger partial charge is 0.316 e. The highest BCUT2D eigenvalue weighted by molar-refractivity contribution is 9.10. The lowest BCUT2D eigenvalue weighted by molar-refractivity contribution is 0.462. The molecule has 1 saturated carbocycles. The van der Waals surface area contributed by atoms with Crippen molar-refractivity contribution in [3.05, 3.63) is 34.1 Å². The molecule has 0 bridgehead atoms. The van der Waals surface area contributed by atoms with Crippen LogP contribution in [0.3, 0.4) is 0 Å². The fourth-order valence-electron chi connectivity index (χ4n) is 2.07. The molecule has 1 N–H and O–H groups in total. The molecule has 0 unspecified atom stereocenters. The van der Waals surface area contributed by atoms with Crippen LogP contribution in [-0.2, 0) is 6.42 Å². The van der Waals surface area contributed by atoms with E-state index < -0.39 is 0 Å². The van der Waals surface area contributed by atoms with E-state index in [0.717, 1.165) is 19.5 Å². The first kappa shape index (κ1) is 12.1. The van der Waals surface area contributed by atoms with Crippen LogP contribution in [0.2, 0.25) is 0 Å². The van der Waals surface area contributed by atoms with E-state index in [4.69, 9.17) is 0 Å². The lowest BCUT2D eigenvalue weighted by atomic mass is 9.96. The maximum atomic E-state index is 13.1. The summed E-state index contributed by atoms with van der Waals surface area (Å²) in [7, 11) is 0. The van der Waals surface area contributed by atoms with Crippen molar-refractivity contribution >= 4 is 15.9 Å². The molecule has 0 aliphatic heterocycles. The third kappa shape index (κ3) is 2.83. The summed E-state index contributed by atoms with van der Waals surface area (Å²) in [5.41, 5.74) is 1.66. The molecule has 1 nitrogen and oxygen atoms in total. The standard InChI is InChI=1S/C13H17BrFN/c1-2-16-9-13(5-6-13)8-10-3-4-12(15)11(14)7-10/h3-4,7,16H,2,5-6,8-9H2,1H3. The van der Waals surface area contributed by atoms with E-state index in [9.17, 15) is 4.39 Å². The minimum absolute atomic E-state index is 0.180. The summed E-state index contributed by atoms with van der Waals surface area (Å²) in [6.07, 6.45) is 3.63. The molecule has 0 saturated heterocycles. The van der Waals surface area contributed by atoms with Crippen molar-refractivity contribution in [3.8, 4) is 0 Å². The summed E-state index contributed by atoms with van der Waals surface area (Å²) >= 11 is 3.24. The molecule has 2 rings (SSSR count). The Morgan fingerprint density at radius 1 is 1.44 bits per heavy atom. The minimum atomic E-state index is -0.180. The number of nitrogens with one attached hydrogen (secondary N) is 1. The molecule has 88 valence electrons. The first-order valence-corrected chi connectivity index (χ1v) is 6.59. The molecule has 16 heavy (non-hydrogen) atoms. The summed E-state index contributed by atoms with van der Waals surface area (Å²) < 4.78 is 13.7. The second kappa shape index (κ2) is 4.84. The fraction of sp³-hybridized carbons (Fsp3) is 0.538. The minimum Gasteiger partial charge on any atom is -0.316 e. The maximum Gasteiger partial charge on any atom is 0.137 e. The number of halogens is 2. The normalized spacial score (nSPS) is 17.4. The average molecular weight is 286 g/mol. The van der Waals surface area contributed by atoms with Gasteiger partial charge in [-0.2, -0.15) is 0 Å². The first-order chi connectivity index (χ1) is 7.65. The Hall–Kier alpha value is -0.410. The van der Waals surface area contributed by atoms with E-state index in [1.165, 1.54) is 18.4 Å². The van der Waals surface area contributed by atoms with Gasteiger partial charge in [-0.25, -0.2) is 4.39 Å². The van der Waals surface area contributed by atoms with Gasteiger partial charge in [-0.1, -0.05) is 13.0 Å². The van der Waals surface area contributed by atoms with Crippen LogP contribution in [-0.4, -0.2) is 13.1 Å². The molecular weight excluding hydrogens is 269 g/mol. The molecular formula is C13H17BrFN. The van der Waals surface area contributed by atoms with Crippen LogP contribution in [0, 0.1) is 11.2 Å². The van der Waals surface area contributed by atoms with E-state index in [1.54, 1.807) is 6.07 Å². The molecule has 0 radical (unpaired) electrons. The molecule has 1 aromatic carbocycles. The van der Waals surface area contributed by atoms with Gasteiger partial charge < -0.3 is 5.32 Å². The van der Waals surface area contributed by atoms with Gasteiger partial charge in [0.15, 0.2) is 0 Å². The molecule has 1 fully saturated rings. The maximum absolute atomic E-state index is 13.1. The Bertz CT molecular complexity index is 374. The van der Waals surface area contributed by atoms with Gasteiger partial charge >= 0.3 is 0 Å². The quantitative estimate of drug-likeness (QED) is 0.873. The van der Waals surface area contributed by atoms with Crippen molar-refractivity contribution in [2.24, 2.45) is 5.41 Å². The highest BCUT2D eigenvalue weighted by atomic mass is 79.9. The summed E-state index contributed by atoms with van der Waals surface area (Å²) in [5.74, 6) is -0.180. The lowest BCUT2D eigenvalue weighted by Crippen LogP contribution is -2.25. The number of hydrogen-bond acceptors (Lipinski definition) is 1. The van der Waals surface area contributed by atoms with Crippen molar-refractivity contribution in [1.82, 2.24) is 5.32 Å². The van der Waals surface area contributed by atoms with E-state index in [-0.39, 0.29) is 5.82 Å². The molecule has 0 spiro atoms. The van der Waals surface area contributed by atoms with Crippen molar-refractivity contribution < 1.29 is 4.39 Å². The molecule has 0 heterocycles. The Balaban J connectivity index is 2.01. The van der Waals surface area contributed by atoms with Crippen molar-refractivity contribution in [3.63, 3.8) is 0 Å². The van der Waals surface area contributed by atoms with Gasteiger partial charge in [-0.3, -0.25) is 0 Å². The monoisotopic (exact) mass is 285 g/mol. The van der Waals surface area contributed by atoms with Crippen LogP contribution >= 0.6 is 15.9 Å². The van der Waals surface area contributed by atoms with E-state index >= 15 is 0 Å². The van der Waals surface area contributed by atoms with Gasteiger partial charge in [0.1, 0.15) is 5.82 Å². The third-order valence-electron chi connectivity index (χ3n) is 3.27. The van der Waals surface area contributed by atoms with Gasteiger partial charge in [-0.15, -0.1) is 0 Å². The molecule has 1 aliphatic rings. The van der Waals surface area contributed by atoms with Crippen LogP contribution in [0.4, 0.5) is 4.39 Å². The molecule has 3 heteroatoms. The van der Waals surface area contributed by atoms with Gasteiger partial charge in [0.05, 0.1) is 4.47 Å². The van der Waals surface area contributed by atoms with Gasteiger partial charge in [-0.05, 0) is 64.8 Å². The smallest absolute Gasteiger partial charge is 0.137 e. The second-order valence-electron chi connectivity index (χ2n) is 4.71.